The van der Waals surface area contributed by atoms with Crippen LogP contribution in [0.2, 0.25) is 0 Å². The van der Waals surface area contributed by atoms with Crippen LogP contribution < -0.4 is 5.32 Å². The van der Waals surface area contributed by atoms with Gasteiger partial charge in [-0.2, -0.15) is 0 Å². The highest BCUT2D eigenvalue weighted by molar-refractivity contribution is 5.86. The smallest absolute Gasteiger partial charge is 0.220 e. The van der Waals surface area contributed by atoms with E-state index in [1.54, 1.807) is 14.2 Å². The first-order valence-corrected chi connectivity index (χ1v) is 8.39. The minimum Gasteiger partial charge on any atom is -0.354 e. The second-order valence-electron chi connectivity index (χ2n) is 6.13. The van der Waals surface area contributed by atoms with Crippen LogP contribution in [0.5, 0.6) is 0 Å². The van der Waals surface area contributed by atoms with Crippen molar-refractivity contribution in [3.05, 3.63) is 47.5 Å². The van der Waals surface area contributed by atoms with Gasteiger partial charge in [0.1, 0.15) is 0 Å². The molecule has 1 amide bonds. The van der Waals surface area contributed by atoms with Crippen LogP contribution in [0, 0.1) is 6.92 Å². The zero-order chi connectivity index (χ0) is 17.5. The van der Waals surface area contributed by atoms with Crippen molar-refractivity contribution in [2.24, 2.45) is 0 Å². The number of fused-ring (bicyclic) bond motifs is 1. The summed E-state index contributed by atoms with van der Waals surface area (Å²) in [4.78, 5) is 12.1. The maximum Gasteiger partial charge on any atom is 0.220 e. The maximum atomic E-state index is 12.1. The molecule has 0 aliphatic heterocycles. The number of amides is 1. The molecule has 4 nitrogen and oxygen atoms in total. The third kappa shape index (κ3) is 4.56. The lowest BCUT2D eigenvalue weighted by Gasteiger charge is -2.22. The largest absolute Gasteiger partial charge is 0.354 e. The van der Waals surface area contributed by atoms with Crippen LogP contribution in [0.25, 0.3) is 10.8 Å². The Kier molecular flexibility index (Phi) is 6.76. The fourth-order valence-corrected chi connectivity index (χ4v) is 3.10. The number of carbonyl (C=O) groups is 1. The summed E-state index contributed by atoms with van der Waals surface area (Å²) in [7, 11) is 3.14. The van der Waals surface area contributed by atoms with Gasteiger partial charge in [-0.25, -0.2) is 0 Å². The van der Waals surface area contributed by atoms with Crippen molar-refractivity contribution in [1.29, 1.82) is 0 Å². The molecule has 130 valence electrons. The Bertz CT molecular complexity index is 680. The lowest BCUT2D eigenvalue weighted by atomic mass is 9.95. The molecule has 0 spiro atoms. The molecule has 2 aromatic carbocycles. The second kappa shape index (κ2) is 8.81. The molecule has 1 unspecified atom stereocenters. The summed E-state index contributed by atoms with van der Waals surface area (Å²) in [5, 5.41) is 5.46. The molecule has 0 fully saturated rings. The number of carbonyl (C=O) groups excluding carboxylic acids is 1. The molecule has 0 bridgehead atoms. The fourth-order valence-electron chi connectivity index (χ4n) is 3.10. The molecule has 4 heteroatoms. The highest BCUT2D eigenvalue weighted by atomic mass is 16.7. The van der Waals surface area contributed by atoms with Crippen molar-refractivity contribution in [2.75, 3.05) is 14.2 Å². The average Bonchev–Trinajstić information content (AvgIpc) is 2.58. The summed E-state index contributed by atoms with van der Waals surface area (Å²) in [6, 6.07) is 12.5. The van der Waals surface area contributed by atoms with Gasteiger partial charge in [-0.1, -0.05) is 36.4 Å². The lowest BCUT2D eigenvalue weighted by Crippen LogP contribution is -2.42. The molecule has 2 rings (SSSR count). The number of nitrogens with one attached hydrogen (secondary N) is 1. The SMILES string of the molecule is COC(OC)C(C)NC(=O)CCCc1c(C)ccc2ccccc12. The summed E-state index contributed by atoms with van der Waals surface area (Å²) >= 11 is 0. The topological polar surface area (TPSA) is 47.6 Å². The third-order valence-electron chi connectivity index (χ3n) is 4.37. The molecule has 2 aromatic rings. The molecular formula is C20H27NO3. The molecule has 0 aliphatic carbocycles. The van der Waals surface area contributed by atoms with E-state index in [4.69, 9.17) is 9.47 Å². The summed E-state index contributed by atoms with van der Waals surface area (Å²) < 4.78 is 10.3. The van der Waals surface area contributed by atoms with Gasteiger partial charge in [0.25, 0.3) is 0 Å². The van der Waals surface area contributed by atoms with Gasteiger partial charge in [0, 0.05) is 20.6 Å². The van der Waals surface area contributed by atoms with E-state index >= 15 is 0 Å². The first-order chi connectivity index (χ1) is 11.6. The Morgan fingerprint density at radius 1 is 1.12 bits per heavy atom. The Labute approximate surface area is 144 Å². The quantitative estimate of drug-likeness (QED) is 0.753. The number of hydrogen-bond donors (Lipinski definition) is 1. The van der Waals surface area contributed by atoms with E-state index in [0.29, 0.717) is 6.42 Å². The molecule has 0 radical (unpaired) electrons. The van der Waals surface area contributed by atoms with Gasteiger partial charge in [-0.3, -0.25) is 4.79 Å². The summed E-state index contributed by atoms with van der Waals surface area (Å²) in [5.74, 6) is 0.0273. The van der Waals surface area contributed by atoms with E-state index in [-0.39, 0.29) is 11.9 Å². The van der Waals surface area contributed by atoms with Crippen molar-refractivity contribution in [3.63, 3.8) is 0 Å². The zero-order valence-corrected chi connectivity index (χ0v) is 15.0. The minimum absolute atomic E-state index is 0.0273. The zero-order valence-electron chi connectivity index (χ0n) is 15.0. The van der Waals surface area contributed by atoms with E-state index in [9.17, 15) is 4.79 Å². The molecular weight excluding hydrogens is 302 g/mol. The molecule has 0 saturated carbocycles. The van der Waals surface area contributed by atoms with Crippen LogP contribution in [0.4, 0.5) is 0 Å². The van der Waals surface area contributed by atoms with Crippen molar-refractivity contribution in [1.82, 2.24) is 5.32 Å². The summed E-state index contributed by atoms with van der Waals surface area (Å²) in [5.41, 5.74) is 2.61. The van der Waals surface area contributed by atoms with Crippen molar-refractivity contribution < 1.29 is 14.3 Å². The number of methoxy groups -OCH3 is 2. The molecule has 1 atom stereocenters. The lowest BCUT2D eigenvalue weighted by molar-refractivity contribution is -0.135. The van der Waals surface area contributed by atoms with Gasteiger partial charge in [-0.15, -0.1) is 0 Å². The normalized spacial score (nSPS) is 12.5. The van der Waals surface area contributed by atoms with Gasteiger partial charge < -0.3 is 14.8 Å². The third-order valence-corrected chi connectivity index (χ3v) is 4.37. The summed E-state index contributed by atoms with van der Waals surface area (Å²) in [6.07, 6.45) is 1.78. The van der Waals surface area contributed by atoms with Gasteiger partial charge in [0.15, 0.2) is 6.29 Å². The number of benzene rings is 2. The fraction of sp³-hybridized carbons (Fsp3) is 0.450. The summed E-state index contributed by atoms with van der Waals surface area (Å²) in [6.45, 7) is 4.01. The van der Waals surface area contributed by atoms with Crippen LogP contribution in [-0.2, 0) is 20.7 Å². The van der Waals surface area contributed by atoms with E-state index in [2.05, 4.69) is 48.6 Å². The monoisotopic (exact) mass is 329 g/mol. The standard InChI is InChI=1S/C20H27NO3/c1-14-12-13-16-8-5-6-9-18(16)17(14)10-7-11-19(22)21-15(2)20(23-3)24-4/h5-6,8-9,12-13,15,20H,7,10-11H2,1-4H3,(H,21,22). The Hall–Kier alpha value is -1.91. The number of hydrogen-bond acceptors (Lipinski definition) is 3. The first kappa shape index (κ1) is 18.4. The Balaban J connectivity index is 1.93. The Morgan fingerprint density at radius 3 is 2.54 bits per heavy atom. The molecule has 0 aliphatic rings. The molecule has 1 N–H and O–H groups in total. The minimum atomic E-state index is -0.422. The molecule has 0 heterocycles. The van der Waals surface area contributed by atoms with Crippen molar-refractivity contribution in [2.45, 2.75) is 45.4 Å². The van der Waals surface area contributed by atoms with E-state index in [1.165, 1.54) is 21.9 Å². The van der Waals surface area contributed by atoms with Crippen molar-refractivity contribution >= 4 is 16.7 Å². The molecule has 24 heavy (non-hydrogen) atoms. The van der Waals surface area contributed by atoms with E-state index < -0.39 is 6.29 Å². The van der Waals surface area contributed by atoms with Crippen LogP contribution in [0.3, 0.4) is 0 Å². The maximum absolute atomic E-state index is 12.1. The highest BCUT2D eigenvalue weighted by Crippen LogP contribution is 2.23. The van der Waals surface area contributed by atoms with Crippen LogP contribution in [-0.4, -0.2) is 32.5 Å². The van der Waals surface area contributed by atoms with Gasteiger partial charge in [-0.05, 0) is 48.6 Å². The number of aryl methyl sites for hydroxylation is 2. The van der Waals surface area contributed by atoms with Gasteiger partial charge >= 0.3 is 0 Å². The van der Waals surface area contributed by atoms with Crippen molar-refractivity contribution in [3.8, 4) is 0 Å². The molecule has 0 aromatic heterocycles. The van der Waals surface area contributed by atoms with E-state index in [0.717, 1.165) is 12.8 Å². The number of ether oxygens (including phenoxy) is 2. The first-order valence-electron chi connectivity index (χ1n) is 8.39. The van der Waals surface area contributed by atoms with E-state index in [1.807, 2.05) is 6.92 Å². The predicted molar refractivity (Wildman–Crippen MR) is 97.0 cm³/mol. The molecule has 0 saturated heterocycles. The van der Waals surface area contributed by atoms with Gasteiger partial charge in [0.2, 0.25) is 5.91 Å². The number of rotatable bonds is 8. The second-order valence-corrected chi connectivity index (χ2v) is 6.13. The van der Waals surface area contributed by atoms with Crippen LogP contribution >= 0.6 is 0 Å². The predicted octanol–water partition coefficient (Wildman–Crippen LogP) is 3.59. The highest BCUT2D eigenvalue weighted by Gasteiger charge is 2.17. The van der Waals surface area contributed by atoms with Gasteiger partial charge in [0.05, 0.1) is 6.04 Å². The van der Waals surface area contributed by atoms with Crippen LogP contribution in [0.1, 0.15) is 30.9 Å². The van der Waals surface area contributed by atoms with Crippen LogP contribution in [0.15, 0.2) is 36.4 Å². The average molecular weight is 329 g/mol. The Morgan fingerprint density at radius 2 is 1.83 bits per heavy atom.